The van der Waals surface area contributed by atoms with Gasteiger partial charge >= 0.3 is 0 Å². The van der Waals surface area contributed by atoms with Gasteiger partial charge in [0, 0.05) is 41.0 Å². The van der Waals surface area contributed by atoms with E-state index in [0.29, 0.717) is 5.75 Å². The van der Waals surface area contributed by atoms with E-state index in [2.05, 4.69) is 10.7 Å². The van der Waals surface area contributed by atoms with Gasteiger partial charge in [-0.2, -0.15) is 0 Å². The number of hydrogen-bond donors (Lipinski definition) is 3. The molecule has 0 radical (unpaired) electrons. The maximum Gasteiger partial charge on any atom is 0.294 e. The number of nitrogen functional groups attached to an aromatic ring is 1. The number of nitrogens with two attached hydrogens (primary N) is 1. The number of nitro groups is 1. The fraction of sp³-hybridized carbons (Fsp3) is 0.300. The van der Waals surface area contributed by atoms with E-state index in [9.17, 15) is 19.1 Å². The van der Waals surface area contributed by atoms with Crippen molar-refractivity contribution in [1.29, 1.82) is 0 Å². The molecule has 104 valence electrons. The summed E-state index contributed by atoms with van der Waals surface area (Å²) in [7, 11) is -1.00. The van der Waals surface area contributed by atoms with E-state index in [1.807, 2.05) is 0 Å². The Labute approximate surface area is 111 Å². The van der Waals surface area contributed by atoms with Crippen LogP contribution in [0.25, 0.3) is 0 Å². The van der Waals surface area contributed by atoms with E-state index in [4.69, 9.17) is 5.84 Å². The summed E-state index contributed by atoms with van der Waals surface area (Å²) in [5.41, 5.74) is 2.17. The normalized spacial score (nSPS) is 11.7. The molecule has 1 unspecified atom stereocenters. The summed E-state index contributed by atoms with van der Waals surface area (Å²) in [5, 5.41) is 13.3. The van der Waals surface area contributed by atoms with Crippen molar-refractivity contribution in [2.75, 3.05) is 24.0 Å². The number of nitrogens with one attached hydrogen (secondary N) is 2. The Morgan fingerprint density at radius 2 is 2.21 bits per heavy atom. The van der Waals surface area contributed by atoms with Crippen molar-refractivity contribution >= 4 is 28.1 Å². The minimum absolute atomic E-state index is 0.121. The van der Waals surface area contributed by atoms with Crippen molar-refractivity contribution in [2.45, 2.75) is 0 Å². The van der Waals surface area contributed by atoms with Crippen molar-refractivity contribution < 1.29 is 13.9 Å². The standard InChI is InChI=1S/C10H14N4O4S/c1-19(18)5-4-12-10(15)7-2-3-8(13-11)9(6-7)14(16)17/h2-3,6,13H,4-5,11H2,1H3,(H,12,15). The third-order valence-corrected chi connectivity index (χ3v) is 3.07. The Hall–Kier alpha value is -2.00. The van der Waals surface area contributed by atoms with E-state index in [-0.39, 0.29) is 23.5 Å². The Kier molecular flexibility index (Phi) is 5.39. The van der Waals surface area contributed by atoms with Gasteiger partial charge in [0.2, 0.25) is 0 Å². The topological polar surface area (TPSA) is 127 Å². The molecule has 0 spiro atoms. The monoisotopic (exact) mass is 286 g/mol. The van der Waals surface area contributed by atoms with Crippen molar-refractivity contribution in [1.82, 2.24) is 5.32 Å². The molecule has 1 atom stereocenters. The summed E-state index contributed by atoms with van der Waals surface area (Å²) in [6, 6.07) is 3.90. The lowest BCUT2D eigenvalue weighted by Crippen LogP contribution is -2.27. The lowest BCUT2D eigenvalue weighted by atomic mass is 10.1. The molecule has 0 heterocycles. The van der Waals surface area contributed by atoms with Gasteiger partial charge in [-0.15, -0.1) is 0 Å². The molecule has 8 nitrogen and oxygen atoms in total. The average Bonchev–Trinajstić information content (AvgIpc) is 2.37. The van der Waals surface area contributed by atoms with Crippen LogP contribution in [0.3, 0.4) is 0 Å². The minimum Gasteiger partial charge on any atom is -0.351 e. The number of hydrazine groups is 1. The number of nitro benzene ring substituents is 1. The average molecular weight is 286 g/mol. The Bertz CT molecular complexity index is 520. The van der Waals surface area contributed by atoms with Gasteiger partial charge in [-0.05, 0) is 12.1 Å². The minimum atomic E-state index is -1.00. The predicted octanol–water partition coefficient (Wildman–Crippen LogP) is -0.0113. The van der Waals surface area contributed by atoms with E-state index in [1.54, 1.807) is 0 Å². The van der Waals surface area contributed by atoms with Crippen LogP contribution in [-0.4, -0.2) is 33.6 Å². The molecule has 0 saturated heterocycles. The molecule has 0 aromatic heterocycles. The highest BCUT2D eigenvalue weighted by Gasteiger charge is 2.16. The smallest absolute Gasteiger partial charge is 0.294 e. The molecule has 4 N–H and O–H groups in total. The van der Waals surface area contributed by atoms with Gasteiger partial charge in [0.15, 0.2) is 0 Å². The number of hydrogen-bond acceptors (Lipinski definition) is 6. The highest BCUT2D eigenvalue weighted by molar-refractivity contribution is 7.84. The fourth-order valence-corrected chi connectivity index (χ4v) is 1.75. The van der Waals surface area contributed by atoms with Crippen LogP contribution in [0.15, 0.2) is 18.2 Å². The number of carbonyl (C=O) groups excluding carboxylic acids is 1. The molecule has 1 aromatic carbocycles. The molecule has 0 aliphatic rings. The summed E-state index contributed by atoms with van der Waals surface area (Å²) in [6.07, 6.45) is 1.53. The highest BCUT2D eigenvalue weighted by atomic mass is 32.2. The van der Waals surface area contributed by atoms with Crippen molar-refractivity contribution in [2.24, 2.45) is 5.84 Å². The van der Waals surface area contributed by atoms with Gasteiger partial charge in [0.1, 0.15) is 5.69 Å². The summed E-state index contributed by atoms with van der Waals surface area (Å²) < 4.78 is 10.8. The summed E-state index contributed by atoms with van der Waals surface area (Å²) in [5.74, 6) is 5.01. The number of anilines is 1. The summed E-state index contributed by atoms with van der Waals surface area (Å²) >= 11 is 0. The van der Waals surface area contributed by atoms with Crippen LogP contribution in [0, 0.1) is 10.1 Å². The van der Waals surface area contributed by atoms with Crippen molar-refractivity contribution in [3.05, 3.63) is 33.9 Å². The zero-order valence-corrected chi connectivity index (χ0v) is 11.0. The third kappa shape index (κ3) is 4.30. The van der Waals surface area contributed by atoms with Crippen LogP contribution in [0.5, 0.6) is 0 Å². The number of benzene rings is 1. The molecule has 0 aliphatic heterocycles. The van der Waals surface area contributed by atoms with Crippen molar-refractivity contribution in [3.8, 4) is 0 Å². The molecule has 1 rings (SSSR count). The first-order valence-electron chi connectivity index (χ1n) is 5.29. The second-order valence-electron chi connectivity index (χ2n) is 3.67. The van der Waals surface area contributed by atoms with Crippen LogP contribution in [-0.2, 0) is 10.8 Å². The molecule has 0 bridgehead atoms. The number of carbonyl (C=O) groups is 1. The summed E-state index contributed by atoms with van der Waals surface area (Å²) in [4.78, 5) is 21.9. The van der Waals surface area contributed by atoms with Crippen LogP contribution < -0.4 is 16.6 Å². The predicted molar refractivity (Wildman–Crippen MR) is 72.2 cm³/mol. The first-order valence-corrected chi connectivity index (χ1v) is 7.01. The number of nitrogens with zero attached hydrogens (tertiary/aromatic N) is 1. The number of rotatable bonds is 6. The van der Waals surface area contributed by atoms with Crippen LogP contribution in [0.2, 0.25) is 0 Å². The second kappa shape index (κ2) is 6.81. The summed E-state index contributed by atoms with van der Waals surface area (Å²) in [6.45, 7) is 0.243. The zero-order chi connectivity index (χ0) is 14.4. The molecule has 1 aromatic rings. The molecular formula is C10H14N4O4S. The maximum absolute atomic E-state index is 11.7. The highest BCUT2D eigenvalue weighted by Crippen LogP contribution is 2.24. The Morgan fingerprint density at radius 3 is 2.74 bits per heavy atom. The largest absolute Gasteiger partial charge is 0.351 e. The maximum atomic E-state index is 11.7. The Balaban J connectivity index is 2.83. The lowest BCUT2D eigenvalue weighted by molar-refractivity contribution is -0.384. The van der Waals surface area contributed by atoms with Gasteiger partial charge in [-0.1, -0.05) is 0 Å². The third-order valence-electron chi connectivity index (χ3n) is 2.29. The zero-order valence-electron chi connectivity index (χ0n) is 10.2. The van der Waals surface area contributed by atoms with Crippen molar-refractivity contribution in [3.63, 3.8) is 0 Å². The van der Waals surface area contributed by atoms with E-state index in [1.165, 1.54) is 18.4 Å². The van der Waals surface area contributed by atoms with E-state index < -0.39 is 21.6 Å². The second-order valence-corrected chi connectivity index (χ2v) is 5.22. The molecule has 1 amide bonds. The fourth-order valence-electron chi connectivity index (χ4n) is 1.36. The molecule has 0 fully saturated rings. The number of amides is 1. The van der Waals surface area contributed by atoms with Gasteiger partial charge in [-0.3, -0.25) is 25.0 Å². The molecule has 0 aliphatic carbocycles. The van der Waals surface area contributed by atoms with Gasteiger partial charge < -0.3 is 10.7 Å². The van der Waals surface area contributed by atoms with Gasteiger partial charge in [0.25, 0.3) is 11.6 Å². The molecule has 0 saturated carbocycles. The molecular weight excluding hydrogens is 272 g/mol. The molecule has 9 heteroatoms. The quantitative estimate of drug-likeness (QED) is 0.383. The first kappa shape index (κ1) is 15.1. The van der Waals surface area contributed by atoms with Crippen LogP contribution in [0.1, 0.15) is 10.4 Å². The Morgan fingerprint density at radius 1 is 1.53 bits per heavy atom. The van der Waals surface area contributed by atoms with E-state index in [0.717, 1.165) is 6.07 Å². The van der Waals surface area contributed by atoms with E-state index >= 15 is 0 Å². The SMILES string of the molecule is CS(=O)CCNC(=O)c1ccc(NN)c([N+](=O)[O-])c1. The van der Waals surface area contributed by atoms with Gasteiger partial charge in [0.05, 0.1) is 4.92 Å². The van der Waals surface area contributed by atoms with Gasteiger partial charge in [-0.25, -0.2) is 0 Å². The molecule has 19 heavy (non-hydrogen) atoms. The van der Waals surface area contributed by atoms with Crippen LogP contribution >= 0.6 is 0 Å². The first-order chi connectivity index (χ1) is 8.95. The van der Waals surface area contributed by atoms with Crippen LogP contribution in [0.4, 0.5) is 11.4 Å². The lowest BCUT2D eigenvalue weighted by Gasteiger charge is -2.06.